The fraction of sp³-hybridized carbons (Fsp3) is 0.455. The topological polar surface area (TPSA) is 32.3 Å². The lowest BCUT2D eigenvalue weighted by molar-refractivity contribution is 0.0123. The van der Waals surface area contributed by atoms with Gasteiger partial charge in [-0.3, -0.25) is 0 Å². The van der Waals surface area contributed by atoms with Crippen molar-refractivity contribution in [3.63, 3.8) is 0 Å². The van der Waals surface area contributed by atoms with E-state index in [2.05, 4.69) is 5.32 Å². The largest absolute Gasteiger partial charge is 0.384 e. The monoisotopic (exact) mass is 177 g/mol. The van der Waals surface area contributed by atoms with Gasteiger partial charge in [-0.05, 0) is 24.9 Å². The second kappa shape index (κ2) is 3.48. The van der Waals surface area contributed by atoms with Crippen LogP contribution < -0.4 is 5.32 Å². The summed E-state index contributed by atoms with van der Waals surface area (Å²) >= 11 is 0. The molecule has 2 nitrogen and oxygen atoms in total. The van der Waals surface area contributed by atoms with Crippen molar-refractivity contribution >= 4 is 0 Å². The first kappa shape index (κ1) is 8.73. The first-order chi connectivity index (χ1) is 6.31. The molecule has 1 aliphatic heterocycles. The molecule has 2 heteroatoms. The summed E-state index contributed by atoms with van der Waals surface area (Å²) in [6, 6.07) is 9.91. The summed E-state index contributed by atoms with van der Waals surface area (Å²) in [4.78, 5) is 0. The summed E-state index contributed by atoms with van der Waals surface area (Å²) in [6.07, 6.45) is 1.91. The Labute approximate surface area is 78.6 Å². The van der Waals surface area contributed by atoms with E-state index in [-0.39, 0.29) is 0 Å². The highest BCUT2D eigenvalue weighted by molar-refractivity contribution is 5.23. The van der Waals surface area contributed by atoms with E-state index in [0.29, 0.717) is 6.54 Å². The Morgan fingerprint density at radius 1 is 1.23 bits per heavy atom. The number of rotatable bonds is 1. The lowest BCUT2D eigenvalue weighted by Crippen LogP contribution is -2.43. The quantitative estimate of drug-likeness (QED) is 0.677. The summed E-state index contributed by atoms with van der Waals surface area (Å²) in [5.41, 5.74) is 0.390. The molecule has 1 aliphatic rings. The van der Waals surface area contributed by atoms with Gasteiger partial charge in [-0.1, -0.05) is 30.3 Å². The minimum atomic E-state index is -0.639. The van der Waals surface area contributed by atoms with E-state index in [9.17, 15) is 5.11 Å². The Bertz CT molecular complexity index is 265. The maximum absolute atomic E-state index is 10.3. The molecule has 2 N–H and O–H groups in total. The van der Waals surface area contributed by atoms with Crippen LogP contribution in [0.4, 0.5) is 0 Å². The van der Waals surface area contributed by atoms with Gasteiger partial charge in [0.05, 0.1) is 0 Å². The molecule has 0 aromatic heterocycles. The van der Waals surface area contributed by atoms with Crippen LogP contribution in [0.1, 0.15) is 18.4 Å². The Hall–Kier alpha value is -0.860. The zero-order valence-electron chi connectivity index (χ0n) is 7.66. The number of hydrogen-bond donors (Lipinski definition) is 2. The fourth-order valence-electron chi connectivity index (χ4n) is 1.88. The van der Waals surface area contributed by atoms with E-state index >= 15 is 0 Å². The van der Waals surface area contributed by atoms with Gasteiger partial charge in [0.1, 0.15) is 5.60 Å². The van der Waals surface area contributed by atoms with Crippen LogP contribution in [0.3, 0.4) is 0 Å². The number of piperidine rings is 1. The van der Waals surface area contributed by atoms with Gasteiger partial charge in [-0.2, -0.15) is 0 Å². The van der Waals surface area contributed by atoms with Gasteiger partial charge in [0.15, 0.2) is 0 Å². The number of β-amino-alcohol motifs (C(OH)–C–C–N with tert-alkyl or cyclic N) is 1. The second-order valence-corrected chi connectivity index (χ2v) is 3.68. The first-order valence-corrected chi connectivity index (χ1v) is 4.80. The molecule has 1 fully saturated rings. The summed E-state index contributed by atoms with van der Waals surface area (Å²) in [7, 11) is 0. The predicted octanol–water partition coefficient (Wildman–Crippen LogP) is 1.26. The number of benzene rings is 1. The zero-order valence-corrected chi connectivity index (χ0v) is 7.66. The van der Waals surface area contributed by atoms with Crippen molar-refractivity contribution in [3.8, 4) is 0 Å². The van der Waals surface area contributed by atoms with Crippen LogP contribution in [0.15, 0.2) is 30.3 Å². The highest BCUT2D eigenvalue weighted by atomic mass is 16.3. The Morgan fingerprint density at radius 3 is 2.62 bits per heavy atom. The van der Waals surface area contributed by atoms with Gasteiger partial charge in [-0.15, -0.1) is 0 Å². The summed E-state index contributed by atoms with van der Waals surface area (Å²) < 4.78 is 0. The molecular formula is C11H15NO. The maximum Gasteiger partial charge on any atom is 0.102 e. The van der Waals surface area contributed by atoms with Crippen LogP contribution in [0, 0.1) is 0 Å². The van der Waals surface area contributed by atoms with Crippen molar-refractivity contribution in [2.24, 2.45) is 0 Å². The summed E-state index contributed by atoms with van der Waals surface area (Å²) in [6.45, 7) is 1.70. The highest BCUT2D eigenvalue weighted by Crippen LogP contribution is 2.27. The number of hydrogen-bond acceptors (Lipinski definition) is 2. The van der Waals surface area contributed by atoms with Gasteiger partial charge in [-0.25, -0.2) is 0 Å². The minimum Gasteiger partial charge on any atom is -0.384 e. The Balaban J connectivity index is 2.23. The smallest absolute Gasteiger partial charge is 0.102 e. The highest BCUT2D eigenvalue weighted by Gasteiger charge is 2.30. The standard InChI is InChI=1S/C11H15NO/c13-11(7-4-8-12-9-11)10-5-2-1-3-6-10/h1-3,5-6,12-13H,4,7-9H2/t11-/m1/s1. The van der Waals surface area contributed by atoms with Crippen molar-refractivity contribution in [2.75, 3.05) is 13.1 Å². The summed E-state index contributed by atoms with van der Waals surface area (Å²) in [5, 5.41) is 13.5. The molecule has 0 unspecified atom stereocenters. The van der Waals surface area contributed by atoms with Crippen LogP contribution in [-0.2, 0) is 5.60 Å². The normalized spacial score (nSPS) is 28.7. The van der Waals surface area contributed by atoms with E-state index in [0.717, 1.165) is 24.9 Å². The van der Waals surface area contributed by atoms with Crippen LogP contribution >= 0.6 is 0 Å². The molecule has 0 amide bonds. The molecule has 2 rings (SSSR count). The van der Waals surface area contributed by atoms with E-state index in [4.69, 9.17) is 0 Å². The van der Waals surface area contributed by atoms with Crippen molar-refractivity contribution in [2.45, 2.75) is 18.4 Å². The van der Waals surface area contributed by atoms with Crippen molar-refractivity contribution in [3.05, 3.63) is 35.9 Å². The summed E-state index contributed by atoms with van der Waals surface area (Å²) in [5.74, 6) is 0. The molecule has 0 saturated carbocycles. The average molecular weight is 177 g/mol. The minimum absolute atomic E-state index is 0.639. The van der Waals surface area contributed by atoms with Crippen LogP contribution in [-0.4, -0.2) is 18.2 Å². The van der Waals surface area contributed by atoms with Gasteiger partial charge in [0.25, 0.3) is 0 Å². The fourth-order valence-corrected chi connectivity index (χ4v) is 1.88. The molecule has 0 aliphatic carbocycles. The Morgan fingerprint density at radius 2 is 2.00 bits per heavy atom. The number of nitrogens with one attached hydrogen (secondary N) is 1. The van der Waals surface area contributed by atoms with Crippen molar-refractivity contribution in [1.29, 1.82) is 0 Å². The molecule has 70 valence electrons. The third kappa shape index (κ3) is 1.74. The lowest BCUT2D eigenvalue weighted by Gasteiger charge is -2.33. The van der Waals surface area contributed by atoms with Crippen molar-refractivity contribution < 1.29 is 5.11 Å². The maximum atomic E-state index is 10.3. The molecule has 13 heavy (non-hydrogen) atoms. The molecule has 1 aromatic carbocycles. The molecule has 1 aromatic rings. The average Bonchev–Trinajstić information content (AvgIpc) is 2.20. The third-order valence-corrected chi connectivity index (χ3v) is 2.67. The van der Waals surface area contributed by atoms with E-state index in [1.807, 2.05) is 30.3 Å². The van der Waals surface area contributed by atoms with Crippen LogP contribution in [0.2, 0.25) is 0 Å². The van der Waals surface area contributed by atoms with Gasteiger partial charge < -0.3 is 10.4 Å². The second-order valence-electron chi connectivity index (χ2n) is 3.68. The molecular weight excluding hydrogens is 162 g/mol. The molecule has 0 spiro atoms. The van der Waals surface area contributed by atoms with Crippen LogP contribution in [0.25, 0.3) is 0 Å². The van der Waals surface area contributed by atoms with Gasteiger partial charge >= 0.3 is 0 Å². The van der Waals surface area contributed by atoms with Crippen molar-refractivity contribution in [1.82, 2.24) is 5.32 Å². The SMILES string of the molecule is O[C@]1(c2ccccc2)CCCNC1. The predicted molar refractivity (Wildman–Crippen MR) is 52.4 cm³/mol. The third-order valence-electron chi connectivity index (χ3n) is 2.67. The first-order valence-electron chi connectivity index (χ1n) is 4.80. The van der Waals surface area contributed by atoms with E-state index in [1.165, 1.54) is 0 Å². The zero-order chi connectivity index (χ0) is 9.15. The number of aliphatic hydroxyl groups is 1. The van der Waals surface area contributed by atoms with E-state index < -0.39 is 5.60 Å². The van der Waals surface area contributed by atoms with Gasteiger partial charge in [0, 0.05) is 6.54 Å². The molecule has 0 bridgehead atoms. The van der Waals surface area contributed by atoms with Gasteiger partial charge in [0.2, 0.25) is 0 Å². The van der Waals surface area contributed by atoms with E-state index in [1.54, 1.807) is 0 Å². The molecule has 1 atom stereocenters. The molecule has 1 heterocycles. The Kier molecular flexibility index (Phi) is 2.34. The molecule has 0 radical (unpaired) electrons. The molecule has 1 saturated heterocycles. The lowest BCUT2D eigenvalue weighted by atomic mass is 9.87. The van der Waals surface area contributed by atoms with Crippen LogP contribution in [0.5, 0.6) is 0 Å².